The minimum atomic E-state index is -0.518. The van der Waals surface area contributed by atoms with Gasteiger partial charge in [0.15, 0.2) is 0 Å². The fraction of sp³-hybridized carbons (Fsp3) is 0.0714. The van der Waals surface area contributed by atoms with Gasteiger partial charge in [-0.05, 0) is 36.2 Å². The molecule has 0 atom stereocenters. The summed E-state index contributed by atoms with van der Waals surface area (Å²) in [5.41, 5.74) is 7.87. The molecule has 0 aliphatic carbocycles. The number of aromatic hydroxyl groups is 1. The van der Waals surface area contributed by atoms with E-state index < -0.39 is 5.91 Å². The predicted octanol–water partition coefficient (Wildman–Crippen LogP) is 3.12. The predicted molar refractivity (Wildman–Crippen MR) is 71.8 cm³/mol. The maximum atomic E-state index is 11.0. The number of carbonyl (C=O) groups is 1. The van der Waals surface area contributed by atoms with Gasteiger partial charge < -0.3 is 10.8 Å². The Hall–Kier alpha value is -2.00. The van der Waals surface area contributed by atoms with E-state index in [-0.39, 0.29) is 5.75 Å². The van der Waals surface area contributed by atoms with Crippen LogP contribution in [0.25, 0.3) is 11.1 Å². The van der Waals surface area contributed by atoms with Crippen molar-refractivity contribution in [3.8, 4) is 16.9 Å². The van der Waals surface area contributed by atoms with E-state index in [0.29, 0.717) is 10.6 Å². The molecule has 0 heterocycles. The third kappa shape index (κ3) is 2.31. The number of phenolic OH excluding ortho intramolecular Hbond substituents is 1. The number of phenols is 1. The lowest BCUT2D eigenvalue weighted by molar-refractivity contribution is 0.100. The van der Waals surface area contributed by atoms with Gasteiger partial charge in [-0.1, -0.05) is 29.8 Å². The first-order chi connectivity index (χ1) is 8.49. The van der Waals surface area contributed by atoms with Crippen molar-refractivity contribution in [1.29, 1.82) is 0 Å². The molecule has 0 aliphatic rings. The van der Waals surface area contributed by atoms with Gasteiger partial charge in [-0.3, -0.25) is 4.79 Å². The Bertz CT molecular complexity index is 623. The van der Waals surface area contributed by atoms with Gasteiger partial charge in [0.1, 0.15) is 5.75 Å². The van der Waals surface area contributed by atoms with Crippen molar-refractivity contribution in [2.45, 2.75) is 6.92 Å². The van der Waals surface area contributed by atoms with Gasteiger partial charge in [-0.2, -0.15) is 0 Å². The molecule has 0 unspecified atom stereocenters. The van der Waals surface area contributed by atoms with E-state index in [4.69, 9.17) is 17.3 Å². The smallest absolute Gasteiger partial charge is 0.248 e. The van der Waals surface area contributed by atoms with Crippen LogP contribution in [-0.4, -0.2) is 11.0 Å². The number of aryl methyl sites for hydroxylation is 1. The number of hydrogen-bond donors (Lipinski definition) is 2. The number of benzene rings is 2. The van der Waals surface area contributed by atoms with Crippen molar-refractivity contribution in [2.24, 2.45) is 5.73 Å². The number of primary amides is 1. The summed E-state index contributed by atoms with van der Waals surface area (Å²) in [4.78, 5) is 11.0. The number of carbonyl (C=O) groups excluding carboxylic acids is 1. The van der Waals surface area contributed by atoms with Gasteiger partial charge >= 0.3 is 0 Å². The zero-order valence-corrected chi connectivity index (χ0v) is 10.5. The van der Waals surface area contributed by atoms with Crippen molar-refractivity contribution in [3.63, 3.8) is 0 Å². The summed E-state index contributed by atoms with van der Waals surface area (Å²) >= 11 is 6.11. The van der Waals surface area contributed by atoms with Crippen LogP contribution in [0.2, 0.25) is 5.02 Å². The van der Waals surface area contributed by atoms with E-state index >= 15 is 0 Å². The molecule has 2 rings (SSSR count). The van der Waals surface area contributed by atoms with Crippen molar-refractivity contribution >= 4 is 17.5 Å². The van der Waals surface area contributed by atoms with Crippen LogP contribution < -0.4 is 5.73 Å². The summed E-state index contributed by atoms with van der Waals surface area (Å²) in [5, 5.41) is 10.1. The van der Waals surface area contributed by atoms with Crippen LogP contribution in [0.15, 0.2) is 36.4 Å². The molecule has 0 aliphatic heterocycles. The maximum Gasteiger partial charge on any atom is 0.248 e. The second-order valence-electron chi connectivity index (χ2n) is 4.06. The molecule has 0 saturated heterocycles. The first-order valence-electron chi connectivity index (χ1n) is 5.38. The quantitative estimate of drug-likeness (QED) is 0.872. The lowest BCUT2D eigenvalue weighted by Crippen LogP contribution is -2.10. The van der Waals surface area contributed by atoms with Crippen molar-refractivity contribution in [3.05, 3.63) is 52.5 Å². The number of nitrogens with two attached hydrogens (primary N) is 1. The standard InChI is InChI=1S/C14H12ClNO2/c1-8-2-3-9(7-13(8)17)11-5-4-10(14(16)18)6-12(11)15/h2-7,17H,1H3,(H2,16,18). The zero-order chi connectivity index (χ0) is 13.3. The van der Waals surface area contributed by atoms with E-state index in [2.05, 4.69) is 0 Å². The van der Waals surface area contributed by atoms with Crippen LogP contribution in [0, 0.1) is 6.92 Å². The van der Waals surface area contributed by atoms with Crippen LogP contribution >= 0.6 is 11.6 Å². The fourth-order valence-corrected chi connectivity index (χ4v) is 1.97. The summed E-state index contributed by atoms with van der Waals surface area (Å²) in [5.74, 6) is -0.308. The molecule has 18 heavy (non-hydrogen) atoms. The monoisotopic (exact) mass is 261 g/mol. The Labute approximate surface area is 110 Å². The summed E-state index contributed by atoms with van der Waals surface area (Å²) in [7, 11) is 0. The van der Waals surface area contributed by atoms with Crippen molar-refractivity contribution in [1.82, 2.24) is 0 Å². The lowest BCUT2D eigenvalue weighted by atomic mass is 10.0. The first kappa shape index (κ1) is 12.5. The molecule has 2 aromatic carbocycles. The minimum absolute atomic E-state index is 0.211. The molecule has 1 amide bonds. The van der Waals surface area contributed by atoms with Crippen LogP contribution in [-0.2, 0) is 0 Å². The second-order valence-corrected chi connectivity index (χ2v) is 4.47. The summed E-state index contributed by atoms with van der Waals surface area (Å²) in [6, 6.07) is 10.2. The van der Waals surface area contributed by atoms with Gasteiger partial charge in [0.2, 0.25) is 5.91 Å². The molecular weight excluding hydrogens is 250 g/mol. The molecule has 0 bridgehead atoms. The highest BCUT2D eigenvalue weighted by molar-refractivity contribution is 6.33. The molecule has 3 nitrogen and oxygen atoms in total. The van der Waals surface area contributed by atoms with Gasteiger partial charge in [-0.15, -0.1) is 0 Å². The number of amides is 1. The van der Waals surface area contributed by atoms with Crippen LogP contribution in [0.4, 0.5) is 0 Å². The highest BCUT2D eigenvalue weighted by atomic mass is 35.5. The van der Waals surface area contributed by atoms with E-state index in [0.717, 1.165) is 16.7 Å². The Morgan fingerprint density at radius 1 is 1.22 bits per heavy atom. The van der Waals surface area contributed by atoms with Crippen LogP contribution in [0.5, 0.6) is 5.75 Å². The van der Waals surface area contributed by atoms with Gasteiger partial charge in [0.05, 0.1) is 0 Å². The Balaban J connectivity index is 2.51. The molecule has 0 spiro atoms. The SMILES string of the molecule is Cc1ccc(-c2ccc(C(N)=O)cc2Cl)cc1O. The molecular formula is C14H12ClNO2. The molecule has 0 fully saturated rings. The number of halogens is 1. The number of rotatable bonds is 2. The molecule has 2 aromatic rings. The Morgan fingerprint density at radius 3 is 2.50 bits per heavy atom. The van der Waals surface area contributed by atoms with E-state index in [1.807, 2.05) is 19.1 Å². The highest BCUT2D eigenvalue weighted by Crippen LogP contribution is 2.31. The van der Waals surface area contributed by atoms with Gasteiger partial charge in [0.25, 0.3) is 0 Å². The summed E-state index contributed by atoms with van der Waals surface area (Å²) < 4.78 is 0. The molecule has 3 N–H and O–H groups in total. The molecule has 0 saturated carbocycles. The van der Waals surface area contributed by atoms with E-state index in [1.54, 1.807) is 18.2 Å². The third-order valence-corrected chi connectivity index (χ3v) is 3.09. The van der Waals surface area contributed by atoms with Crippen LogP contribution in [0.1, 0.15) is 15.9 Å². The summed E-state index contributed by atoms with van der Waals surface area (Å²) in [6.45, 7) is 1.82. The average molecular weight is 262 g/mol. The Morgan fingerprint density at radius 2 is 1.94 bits per heavy atom. The first-order valence-corrected chi connectivity index (χ1v) is 5.76. The molecule has 0 radical (unpaired) electrons. The third-order valence-electron chi connectivity index (χ3n) is 2.77. The van der Waals surface area contributed by atoms with Gasteiger partial charge in [-0.25, -0.2) is 0 Å². The van der Waals surface area contributed by atoms with Gasteiger partial charge in [0, 0.05) is 16.1 Å². The van der Waals surface area contributed by atoms with Crippen molar-refractivity contribution < 1.29 is 9.90 Å². The second kappa shape index (κ2) is 4.70. The number of hydrogen-bond acceptors (Lipinski definition) is 2. The van der Waals surface area contributed by atoms with Crippen LogP contribution in [0.3, 0.4) is 0 Å². The van der Waals surface area contributed by atoms with Crippen molar-refractivity contribution in [2.75, 3.05) is 0 Å². The largest absolute Gasteiger partial charge is 0.508 e. The fourth-order valence-electron chi connectivity index (χ4n) is 1.68. The normalized spacial score (nSPS) is 10.3. The lowest BCUT2D eigenvalue weighted by Gasteiger charge is -2.07. The average Bonchev–Trinajstić information content (AvgIpc) is 2.32. The van der Waals surface area contributed by atoms with E-state index in [1.165, 1.54) is 6.07 Å². The highest BCUT2D eigenvalue weighted by Gasteiger charge is 2.08. The van der Waals surface area contributed by atoms with E-state index in [9.17, 15) is 9.90 Å². The summed E-state index contributed by atoms with van der Waals surface area (Å²) in [6.07, 6.45) is 0. The molecule has 92 valence electrons. The molecule has 0 aromatic heterocycles. The zero-order valence-electron chi connectivity index (χ0n) is 9.77. The Kier molecular flexibility index (Phi) is 3.26. The minimum Gasteiger partial charge on any atom is -0.508 e. The topological polar surface area (TPSA) is 63.3 Å². The maximum absolute atomic E-state index is 11.0. The molecule has 4 heteroatoms.